The van der Waals surface area contributed by atoms with Crippen LogP contribution >= 0.6 is 0 Å². The van der Waals surface area contributed by atoms with E-state index in [0.717, 1.165) is 11.4 Å². The number of sulfonamides is 1. The molecule has 17 heteroatoms. The summed E-state index contributed by atoms with van der Waals surface area (Å²) in [6, 6.07) is 4.03. The molecule has 0 saturated heterocycles. The normalized spacial score (nSPS) is 15.7. The highest BCUT2D eigenvalue weighted by atomic mass is 32.2. The van der Waals surface area contributed by atoms with Crippen molar-refractivity contribution in [2.24, 2.45) is 11.1 Å². The molecule has 0 fully saturated rings. The number of ether oxygens (including phenoxy) is 4. The number of nitrogens with zero attached hydrogens (tertiary/aromatic N) is 3. The molecule has 1 amide bonds. The predicted octanol–water partition coefficient (Wildman–Crippen LogP) is 2.74. The molecule has 1 aromatic carbocycles. The number of amides is 1. The quantitative estimate of drug-likeness (QED) is 0.338. The van der Waals surface area contributed by atoms with Gasteiger partial charge in [0.05, 0.1) is 25.8 Å². The summed E-state index contributed by atoms with van der Waals surface area (Å²) >= 11 is 0. The van der Waals surface area contributed by atoms with E-state index >= 15 is 0 Å². The van der Waals surface area contributed by atoms with Crippen molar-refractivity contribution < 1.29 is 54.9 Å². The van der Waals surface area contributed by atoms with Gasteiger partial charge in [0.2, 0.25) is 11.5 Å². The molecule has 1 atom stereocenters. The Bertz CT molecular complexity index is 1520. The Morgan fingerprint density at radius 2 is 1.80 bits per heavy atom. The zero-order valence-electron chi connectivity index (χ0n) is 25.1. The first kappa shape index (κ1) is 34.5. The average Bonchev–Trinajstić information content (AvgIpc) is 3.34. The van der Waals surface area contributed by atoms with E-state index in [9.17, 15) is 36.0 Å². The van der Waals surface area contributed by atoms with Crippen LogP contribution in [-0.4, -0.2) is 74.2 Å². The van der Waals surface area contributed by atoms with Crippen molar-refractivity contribution >= 4 is 33.6 Å². The Labute approximate surface area is 252 Å². The van der Waals surface area contributed by atoms with Crippen molar-refractivity contribution in [1.29, 1.82) is 0 Å². The molecule has 0 saturated carbocycles. The number of benzene rings is 1. The first-order valence-corrected chi connectivity index (χ1v) is 14.8. The zero-order chi connectivity index (χ0) is 33.3. The van der Waals surface area contributed by atoms with Crippen molar-refractivity contribution in [1.82, 2.24) is 9.78 Å². The Balaban J connectivity index is 2.07. The SMILES string of the molecule is CCn1cc(S(=O)(=O)N2C[C@H](CC(C)(C)C(N)=O)Oc3ccc(CC(=O)OC(C)(C)C(F)(F)F)cc32)c(OCC(=O)OC)n1. The minimum atomic E-state index is -4.82. The zero-order valence-corrected chi connectivity index (χ0v) is 25.9. The van der Waals surface area contributed by atoms with Crippen LogP contribution in [0.3, 0.4) is 0 Å². The lowest BCUT2D eigenvalue weighted by Gasteiger charge is -2.38. The van der Waals surface area contributed by atoms with Gasteiger partial charge < -0.3 is 24.7 Å². The molecule has 0 spiro atoms. The Morgan fingerprint density at radius 1 is 1.14 bits per heavy atom. The standard InChI is InChI=1S/C27H35F3N4O9S/c1-7-33-14-20(23(32-33)41-15-22(36)40-6)44(38,39)34-13-17(12-25(2,3)24(31)37)42-19-9-8-16(10-18(19)34)11-21(35)43-26(4,5)27(28,29)30/h8-10,14,17H,7,11-13,15H2,1-6H3,(H2,31,37)/t17-/m0/s1. The average molecular weight is 649 g/mol. The largest absolute Gasteiger partial charge is 0.486 e. The Morgan fingerprint density at radius 3 is 2.36 bits per heavy atom. The number of alkyl halides is 3. The third kappa shape index (κ3) is 7.54. The van der Waals surface area contributed by atoms with Crippen LogP contribution in [0.15, 0.2) is 29.3 Å². The van der Waals surface area contributed by atoms with Gasteiger partial charge in [0, 0.05) is 18.2 Å². The topological polar surface area (TPSA) is 169 Å². The van der Waals surface area contributed by atoms with E-state index in [1.54, 1.807) is 20.8 Å². The first-order valence-electron chi connectivity index (χ1n) is 13.4. The minimum Gasteiger partial charge on any atom is -0.486 e. The van der Waals surface area contributed by atoms with Gasteiger partial charge in [-0.3, -0.25) is 18.6 Å². The first-order chi connectivity index (χ1) is 20.2. The van der Waals surface area contributed by atoms with Gasteiger partial charge in [-0.15, -0.1) is 5.10 Å². The van der Waals surface area contributed by atoms with Gasteiger partial charge in [-0.2, -0.15) is 13.2 Å². The number of fused-ring (bicyclic) bond motifs is 1. The second-order valence-corrected chi connectivity index (χ2v) is 13.0. The van der Waals surface area contributed by atoms with E-state index in [4.69, 9.17) is 15.2 Å². The summed E-state index contributed by atoms with van der Waals surface area (Å²) in [6.07, 6.45) is -5.07. The number of primary amides is 1. The fourth-order valence-electron chi connectivity index (χ4n) is 4.15. The fourth-order valence-corrected chi connectivity index (χ4v) is 5.72. The molecular formula is C27H35F3N4O9S. The van der Waals surface area contributed by atoms with E-state index in [0.29, 0.717) is 13.8 Å². The number of carbonyl (C=O) groups is 3. The van der Waals surface area contributed by atoms with Crippen LogP contribution in [0.25, 0.3) is 0 Å². The number of anilines is 1. The van der Waals surface area contributed by atoms with E-state index in [1.807, 2.05) is 0 Å². The van der Waals surface area contributed by atoms with Gasteiger partial charge in [-0.25, -0.2) is 13.2 Å². The third-order valence-electron chi connectivity index (χ3n) is 6.90. The molecule has 0 bridgehead atoms. The molecule has 0 unspecified atom stereocenters. The van der Waals surface area contributed by atoms with Crippen molar-refractivity contribution in [3.05, 3.63) is 30.0 Å². The molecule has 0 radical (unpaired) electrons. The second-order valence-electron chi connectivity index (χ2n) is 11.2. The predicted molar refractivity (Wildman–Crippen MR) is 148 cm³/mol. The summed E-state index contributed by atoms with van der Waals surface area (Å²) in [5.41, 5.74) is 1.79. The molecule has 13 nitrogen and oxygen atoms in total. The fraction of sp³-hybridized carbons (Fsp3) is 0.556. The van der Waals surface area contributed by atoms with Crippen LogP contribution in [0.4, 0.5) is 18.9 Å². The number of aryl methyl sites for hydroxylation is 1. The lowest BCUT2D eigenvalue weighted by Crippen LogP contribution is -2.47. The van der Waals surface area contributed by atoms with Crippen molar-refractivity contribution in [2.75, 3.05) is 24.6 Å². The van der Waals surface area contributed by atoms with Crippen LogP contribution < -0.4 is 19.5 Å². The summed E-state index contributed by atoms with van der Waals surface area (Å²) in [5.74, 6) is -2.94. The van der Waals surface area contributed by atoms with Crippen LogP contribution in [0.2, 0.25) is 0 Å². The number of methoxy groups -OCH3 is 1. The Kier molecular flexibility index (Phi) is 9.82. The number of hydrogen-bond acceptors (Lipinski definition) is 10. The molecule has 2 heterocycles. The maximum absolute atomic E-state index is 14.2. The summed E-state index contributed by atoms with van der Waals surface area (Å²) in [6.45, 7) is 5.57. The van der Waals surface area contributed by atoms with Crippen molar-refractivity contribution in [2.45, 2.75) is 76.8 Å². The summed E-state index contributed by atoms with van der Waals surface area (Å²) in [4.78, 5) is 35.8. The Hall–Kier alpha value is -4.02. The monoisotopic (exact) mass is 648 g/mol. The number of nitrogens with two attached hydrogens (primary N) is 1. The molecule has 2 aromatic rings. The molecule has 0 aliphatic carbocycles. The molecule has 3 rings (SSSR count). The summed E-state index contributed by atoms with van der Waals surface area (Å²) < 4.78 is 91.0. The summed E-state index contributed by atoms with van der Waals surface area (Å²) in [5, 5.41) is 4.10. The van der Waals surface area contributed by atoms with Crippen LogP contribution in [0.5, 0.6) is 11.6 Å². The molecule has 244 valence electrons. The second kappa shape index (κ2) is 12.5. The van der Waals surface area contributed by atoms with Crippen LogP contribution in [0.1, 0.15) is 46.6 Å². The third-order valence-corrected chi connectivity index (χ3v) is 8.66. The molecule has 2 N–H and O–H groups in total. The smallest absolute Gasteiger partial charge is 0.427 e. The summed E-state index contributed by atoms with van der Waals surface area (Å²) in [7, 11) is -3.41. The lowest BCUT2D eigenvalue weighted by atomic mass is 9.85. The van der Waals surface area contributed by atoms with Gasteiger partial charge >= 0.3 is 18.1 Å². The van der Waals surface area contributed by atoms with Gasteiger partial charge in [-0.1, -0.05) is 19.9 Å². The highest BCUT2D eigenvalue weighted by molar-refractivity contribution is 7.93. The van der Waals surface area contributed by atoms with Crippen molar-refractivity contribution in [3.63, 3.8) is 0 Å². The molecule has 1 aliphatic heterocycles. The molecular weight excluding hydrogens is 613 g/mol. The van der Waals surface area contributed by atoms with E-state index < -0.39 is 69.1 Å². The van der Waals surface area contributed by atoms with Gasteiger partial charge in [0.15, 0.2) is 11.5 Å². The maximum Gasteiger partial charge on any atom is 0.427 e. The van der Waals surface area contributed by atoms with Crippen LogP contribution in [0, 0.1) is 5.41 Å². The van der Waals surface area contributed by atoms with E-state index in [2.05, 4.69) is 14.6 Å². The maximum atomic E-state index is 14.2. The number of halogens is 3. The van der Waals surface area contributed by atoms with Gasteiger partial charge in [-0.05, 0) is 44.9 Å². The van der Waals surface area contributed by atoms with Gasteiger partial charge in [0.1, 0.15) is 11.9 Å². The van der Waals surface area contributed by atoms with Gasteiger partial charge in [0.25, 0.3) is 15.9 Å². The van der Waals surface area contributed by atoms with E-state index in [-0.39, 0.29) is 42.4 Å². The minimum absolute atomic E-state index is 0.0221. The number of carbonyl (C=O) groups excluding carboxylic acids is 3. The molecule has 44 heavy (non-hydrogen) atoms. The lowest BCUT2D eigenvalue weighted by molar-refractivity contribution is -0.257. The highest BCUT2D eigenvalue weighted by Gasteiger charge is 2.51. The number of aromatic nitrogens is 2. The van der Waals surface area contributed by atoms with E-state index in [1.165, 1.54) is 29.1 Å². The number of rotatable bonds is 12. The number of esters is 2. The number of hydrogen-bond donors (Lipinski definition) is 1. The highest BCUT2D eigenvalue weighted by Crippen LogP contribution is 2.41. The molecule has 1 aliphatic rings. The molecule has 1 aromatic heterocycles. The van der Waals surface area contributed by atoms with Crippen LogP contribution in [-0.2, 0) is 46.8 Å². The van der Waals surface area contributed by atoms with Crippen molar-refractivity contribution in [3.8, 4) is 11.6 Å².